The van der Waals surface area contributed by atoms with E-state index in [0.717, 1.165) is 51.0 Å². The van der Waals surface area contributed by atoms with Crippen LogP contribution in [0, 0.1) is 11.8 Å². The van der Waals surface area contributed by atoms with Gasteiger partial charge in [0.25, 0.3) is 0 Å². The Kier molecular flexibility index (Phi) is 28.3. The first-order chi connectivity index (χ1) is 21.7. The maximum Gasteiger partial charge on any atom is 0.304 e. The summed E-state index contributed by atoms with van der Waals surface area (Å²) in [6, 6.07) is 1.90. The minimum absolute atomic E-state index is 0. The van der Waals surface area contributed by atoms with Crippen molar-refractivity contribution in [2.45, 2.75) is 168 Å². The molecule has 0 heterocycles. The zero-order valence-corrected chi connectivity index (χ0v) is 34.3. The third-order valence-electron chi connectivity index (χ3n) is 8.23. The van der Waals surface area contributed by atoms with Crippen LogP contribution < -0.4 is 21.3 Å². The minimum atomic E-state index is -1.77. The monoisotopic (exact) mass is 725 g/mol. The van der Waals surface area contributed by atoms with Crippen molar-refractivity contribution in [3.63, 3.8) is 0 Å². The average Bonchev–Trinajstić information content (AvgIpc) is 2.94. The molecule has 0 aromatic carbocycles. The molecule has 0 aromatic rings. The first-order valence-electron chi connectivity index (χ1n) is 17.7. The Balaban J connectivity index is -0.000000862. The molecule has 286 valence electrons. The predicted molar refractivity (Wildman–Crippen MR) is 200 cm³/mol. The van der Waals surface area contributed by atoms with E-state index in [2.05, 4.69) is 67.8 Å². The number of hydrogen-bond donors (Lipinski definition) is 6. The van der Waals surface area contributed by atoms with E-state index in [4.69, 9.17) is 9.22 Å². The molecule has 2 amide bonds. The van der Waals surface area contributed by atoms with Gasteiger partial charge in [0.15, 0.2) is 16.6 Å². The van der Waals surface area contributed by atoms with Crippen molar-refractivity contribution >= 4 is 40.4 Å². The smallest absolute Gasteiger partial charge is 0.304 e. The second-order valence-corrected chi connectivity index (χ2v) is 24.0. The van der Waals surface area contributed by atoms with Crippen molar-refractivity contribution in [1.82, 2.24) is 21.3 Å². The summed E-state index contributed by atoms with van der Waals surface area (Å²) in [6.07, 6.45) is 7.46. The summed E-state index contributed by atoms with van der Waals surface area (Å²) >= 11 is 0. The fourth-order valence-corrected chi connectivity index (χ4v) is 13.4. The Morgan fingerprint density at radius 1 is 0.625 bits per heavy atom. The molecule has 0 bridgehead atoms. The van der Waals surface area contributed by atoms with Gasteiger partial charge < -0.3 is 35.6 Å². The molecule has 0 aliphatic heterocycles. The van der Waals surface area contributed by atoms with E-state index in [-0.39, 0.29) is 41.4 Å². The lowest BCUT2D eigenvalue weighted by Crippen LogP contribution is -2.42. The summed E-state index contributed by atoms with van der Waals surface area (Å²) in [5.41, 5.74) is 0. The highest BCUT2D eigenvalue weighted by Crippen LogP contribution is 2.23. The van der Waals surface area contributed by atoms with Crippen LogP contribution in [0.4, 0.5) is 4.70 Å². The number of carbonyl (C=O) groups excluding carboxylic acids is 2. The van der Waals surface area contributed by atoms with Crippen molar-refractivity contribution < 1.29 is 38.2 Å². The third kappa shape index (κ3) is 29.1. The van der Waals surface area contributed by atoms with Crippen LogP contribution in [0.15, 0.2) is 0 Å². The van der Waals surface area contributed by atoms with E-state index < -0.39 is 40.4 Å². The molecule has 11 nitrogen and oxygen atoms in total. The first kappa shape index (κ1) is 50.5. The first-order valence-corrected chi connectivity index (χ1v) is 24.3. The van der Waals surface area contributed by atoms with Crippen LogP contribution in [-0.4, -0.2) is 88.9 Å². The minimum Gasteiger partial charge on any atom is -0.481 e. The lowest BCUT2D eigenvalue weighted by atomic mass is 9.97. The molecule has 6 atom stereocenters. The highest BCUT2D eigenvalue weighted by molar-refractivity contribution is 6.84. The Morgan fingerprint density at radius 3 is 1.29 bits per heavy atom. The highest BCUT2D eigenvalue weighted by Gasteiger charge is 2.30. The van der Waals surface area contributed by atoms with Crippen molar-refractivity contribution in [1.29, 1.82) is 0 Å². The predicted octanol–water partition coefficient (Wildman–Crippen LogP) is 6.12. The molecule has 0 radical (unpaired) electrons. The van der Waals surface area contributed by atoms with Gasteiger partial charge in [-0.2, -0.15) is 0 Å². The SMILES string of the molecule is CCCCC(CC(=O)O)C(=O)NC(C)CCC(C)NC.CNC(C)CCC(C)NC(=O)C(CCC[Si](C)(C)O[Si](C)(C)C)CC(=O)O.F. The number of carbonyl (C=O) groups is 4. The Hall–Kier alpha value is -1.88. The molecule has 14 heteroatoms. The van der Waals surface area contributed by atoms with Crippen molar-refractivity contribution in [3.8, 4) is 0 Å². The maximum atomic E-state index is 12.6. The molecular weight excluding hydrogens is 652 g/mol. The van der Waals surface area contributed by atoms with E-state index in [1.54, 1.807) is 0 Å². The van der Waals surface area contributed by atoms with Crippen LogP contribution >= 0.6 is 0 Å². The van der Waals surface area contributed by atoms with Crippen molar-refractivity contribution in [2.75, 3.05) is 14.1 Å². The van der Waals surface area contributed by atoms with Crippen LogP contribution in [0.3, 0.4) is 0 Å². The van der Waals surface area contributed by atoms with Gasteiger partial charge in [-0.15, -0.1) is 0 Å². The van der Waals surface area contributed by atoms with E-state index in [0.29, 0.717) is 24.9 Å². The molecule has 0 aliphatic carbocycles. The molecule has 48 heavy (non-hydrogen) atoms. The van der Waals surface area contributed by atoms with Crippen LogP contribution in [0.1, 0.15) is 105 Å². The Morgan fingerprint density at radius 2 is 0.979 bits per heavy atom. The molecule has 6 N–H and O–H groups in total. The van der Waals surface area contributed by atoms with Gasteiger partial charge in [0, 0.05) is 36.0 Å². The Labute approximate surface area is 293 Å². The standard InChI is InChI=1S/C19H42N2O4Si2.C15H30N2O3.FH/c1-15(20-3)11-12-16(2)21-19(24)17(14-18(22)23)10-9-13-27(7,8)25-26(4,5)6;1-5-6-7-13(10-14(18)19)15(20)17-12(3)9-8-11(2)16-4;/h15-17,20H,9-14H2,1-8H3,(H,21,24)(H,22,23);11-13,16H,5-10H2,1-4H3,(H,17,20)(H,18,19);1H. The Bertz CT molecular complexity index is 909. The number of halogens is 1. The molecule has 0 saturated carbocycles. The fourth-order valence-electron chi connectivity index (χ4n) is 5.33. The van der Waals surface area contributed by atoms with Gasteiger partial charge in [-0.25, -0.2) is 0 Å². The molecule has 0 aromatic heterocycles. The zero-order chi connectivity index (χ0) is 36.8. The molecule has 0 spiro atoms. The molecule has 0 rings (SSSR count). The molecular formula is C34H73FN4O7Si2. The van der Waals surface area contributed by atoms with Gasteiger partial charge in [-0.3, -0.25) is 23.9 Å². The lowest BCUT2D eigenvalue weighted by molar-refractivity contribution is -0.141. The number of carboxylic acids is 2. The van der Waals surface area contributed by atoms with Gasteiger partial charge >= 0.3 is 11.9 Å². The number of rotatable bonds is 25. The van der Waals surface area contributed by atoms with Crippen LogP contribution in [0.5, 0.6) is 0 Å². The van der Waals surface area contributed by atoms with Crippen LogP contribution in [0.25, 0.3) is 0 Å². The summed E-state index contributed by atoms with van der Waals surface area (Å²) < 4.78 is 6.33. The highest BCUT2D eigenvalue weighted by atomic mass is 28.4. The van der Waals surface area contributed by atoms with Gasteiger partial charge in [-0.1, -0.05) is 26.2 Å². The van der Waals surface area contributed by atoms with E-state index in [1.165, 1.54) is 0 Å². The van der Waals surface area contributed by atoms with Gasteiger partial charge in [0.1, 0.15) is 0 Å². The number of aliphatic carboxylic acids is 2. The van der Waals surface area contributed by atoms with Crippen molar-refractivity contribution in [2.24, 2.45) is 11.8 Å². The number of carboxylic acid groups (broad SMARTS) is 2. The molecule has 0 fully saturated rings. The van der Waals surface area contributed by atoms with Gasteiger partial charge in [-0.05, 0) is 119 Å². The van der Waals surface area contributed by atoms with Gasteiger partial charge in [0.2, 0.25) is 11.8 Å². The third-order valence-corrected chi connectivity index (χ3v) is 14.4. The van der Waals surface area contributed by atoms with E-state index >= 15 is 0 Å². The second-order valence-electron chi connectivity index (χ2n) is 15.0. The quantitative estimate of drug-likeness (QED) is 0.0609. The van der Waals surface area contributed by atoms with E-state index in [1.807, 2.05) is 34.9 Å². The summed E-state index contributed by atoms with van der Waals surface area (Å²) in [5.74, 6) is -2.95. The average molecular weight is 725 g/mol. The normalized spacial score (nSPS) is 15.3. The largest absolute Gasteiger partial charge is 0.481 e. The number of hydrogen-bond acceptors (Lipinski definition) is 7. The molecule has 0 aliphatic rings. The fraction of sp³-hybridized carbons (Fsp3) is 0.882. The summed E-state index contributed by atoms with van der Waals surface area (Å²) in [7, 11) is 0.498. The summed E-state index contributed by atoms with van der Waals surface area (Å²) in [5, 5.41) is 30.4. The molecule has 6 unspecified atom stereocenters. The zero-order valence-electron chi connectivity index (χ0n) is 32.3. The summed E-state index contributed by atoms with van der Waals surface area (Å²) in [6.45, 7) is 21.2. The van der Waals surface area contributed by atoms with Crippen LogP contribution in [0.2, 0.25) is 38.8 Å². The number of nitrogens with one attached hydrogen (secondary N) is 4. The van der Waals surface area contributed by atoms with Crippen LogP contribution in [-0.2, 0) is 23.3 Å². The topological polar surface area (TPSA) is 166 Å². The number of amides is 2. The van der Waals surface area contributed by atoms with E-state index in [9.17, 15) is 24.3 Å². The lowest BCUT2D eigenvalue weighted by Gasteiger charge is -2.32. The second kappa shape index (κ2) is 26.9. The molecule has 0 saturated heterocycles. The number of unbranched alkanes of at least 4 members (excludes halogenated alkanes) is 1. The summed E-state index contributed by atoms with van der Waals surface area (Å²) in [4.78, 5) is 46.7. The maximum absolute atomic E-state index is 12.6. The van der Waals surface area contributed by atoms with Gasteiger partial charge in [0.05, 0.1) is 12.8 Å². The van der Waals surface area contributed by atoms with Crippen molar-refractivity contribution in [3.05, 3.63) is 0 Å².